The van der Waals surface area contributed by atoms with E-state index in [1.807, 2.05) is 48.5 Å². The van der Waals surface area contributed by atoms with E-state index in [-0.39, 0.29) is 0 Å². The molecule has 5 nitrogen and oxygen atoms in total. The molecular formula is C25H24N4O. The largest absolute Gasteiger partial charge is 0.438 e. The molecule has 0 spiro atoms. The Bertz CT molecular complexity index is 1140. The van der Waals surface area contributed by atoms with Gasteiger partial charge >= 0.3 is 0 Å². The normalized spacial score (nSPS) is 14.8. The highest BCUT2D eigenvalue weighted by Crippen LogP contribution is 2.32. The average Bonchev–Trinajstić information content (AvgIpc) is 2.80. The number of fused-ring (bicyclic) bond motifs is 1. The van der Waals surface area contributed by atoms with Crippen LogP contribution in [-0.4, -0.2) is 48.3 Å². The van der Waals surface area contributed by atoms with Gasteiger partial charge in [-0.2, -0.15) is 0 Å². The molecule has 1 aliphatic rings. The van der Waals surface area contributed by atoms with Crippen molar-refractivity contribution in [2.75, 3.05) is 38.1 Å². The monoisotopic (exact) mass is 396 g/mol. The predicted molar refractivity (Wildman–Crippen MR) is 121 cm³/mol. The maximum atomic E-state index is 6.04. The van der Waals surface area contributed by atoms with Crippen molar-refractivity contribution in [3.63, 3.8) is 0 Å². The van der Waals surface area contributed by atoms with Gasteiger partial charge in [0.25, 0.3) is 0 Å². The van der Waals surface area contributed by atoms with Gasteiger partial charge in [0.2, 0.25) is 5.88 Å². The molecule has 5 rings (SSSR count). The zero-order valence-electron chi connectivity index (χ0n) is 17.0. The van der Waals surface area contributed by atoms with E-state index >= 15 is 0 Å². The fourth-order valence-corrected chi connectivity index (χ4v) is 3.88. The smallest absolute Gasteiger partial charge is 0.238 e. The van der Waals surface area contributed by atoms with Gasteiger partial charge in [-0.3, -0.25) is 0 Å². The van der Waals surface area contributed by atoms with Crippen LogP contribution >= 0.6 is 0 Å². The number of nitrogens with zero attached hydrogens (tertiary/aromatic N) is 4. The molecule has 0 N–H and O–H groups in total. The first-order valence-corrected chi connectivity index (χ1v) is 10.3. The second kappa shape index (κ2) is 8.13. The summed E-state index contributed by atoms with van der Waals surface area (Å²) in [6.45, 7) is 4.23. The van der Waals surface area contributed by atoms with Crippen LogP contribution < -0.4 is 9.64 Å². The summed E-state index contributed by atoms with van der Waals surface area (Å²) in [5, 5.41) is 11.0. The van der Waals surface area contributed by atoms with E-state index in [1.165, 1.54) is 16.5 Å². The quantitative estimate of drug-likeness (QED) is 0.494. The molecule has 4 aromatic rings. The molecule has 0 saturated carbocycles. The van der Waals surface area contributed by atoms with Gasteiger partial charge < -0.3 is 14.5 Å². The van der Waals surface area contributed by atoms with Crippen LogP contribution in [0, 0.1) is 0 Å². The fourth-order valence-electron chi connectivity index (χ4n) is 3.88. The Kier molecular flexibility index (Phi) is 5.03. The molecule has 0 atom stereocenters. The SMILES string of the molecule is CN1CCN(c2cccc3ccc(Oc4ccc(-c5ccccc5)nn4)cc23)CC1. The number of ether oxygens (including phenoxy) is 1. The molecule has 1 aliphatic heterocycles. The van der Waals surface area contributed by atoms with Crippen molar-refractivity contribution in [1.82, 2.24) is 15.1 Å². The third-order valence-corrected chi connectivity index (χ3v) is 5.61. The first kappa shape index (κ1) is 18.6. The number of hydrogen-bond acceptors (Lipinski definition) is 5. The van der Waals surface area contributed by atoms with Gasteiger partial charge in [-0.05, 0) is 36.7 Å². The van der Waals surface area contributed by atoms with E-state index in [0.717, 1.165) is 43.2 Å². The van der Waals surface area contributed by atoms with Gasteiger partial charge in [-0.1, -0.05) is 48.5 Å². The molecule has 1 fully saturated rings. The van der Waals surface area contributed by atoms with Crippen LogP contribution in [0.2, 0.25) is 0 Å². The van der Waals surface area contributed by atoms with Crippen LogP contribution in [0.25, 0.3) is 22.0 Å². The summed E-state index contributed by atoms with van der Waals surface area (Å²) in [5.41, 5.74) is 3.13. The lowest BCUT2D eigenvalue weighted by Gasteiger charge is -2.34. The van der Waals surface area contributed by atoms with Crippen LogP contribution in [0.1, 0.15) is 0 Å². The minimum Gasteiger partial charge on any atom is -0.438 e. The second-order valence-electron chi connectivity index (χ2n) is 7.68. The van der Waals surface area contributed by atoms with Crippen molar-refractivity contribution in [3.8, 4) is 22.9 Å². The molecule has 0 unspecified atom stereocenters. The van der Waals surface area contributed by atoms with E-state index in [1.54, 1.807) is 0 Å². The van der Waals surface area contributed by atoms with Gasteiger partial charge in [0, 0.05) is 48.9 Å². The van der Waals surface area contributed by atoms with E-state index < -0.39 is 0 Å². The zero-order valence-corrected chi connectivity index (χ0v) is 17.0. The molecule has 0 radical (unpaired) electrons. The van der Waals surface area contributed by atoms with Crippen molar-refractivity contribution < 1.29 is 4.74 Å². The lowest BCUT2D eigenvalue weighted by molar-refractivity contribution is 0.313. The Morgan fingerprint density at radius 1 is 0.767 bits per heavy atom. The van der Waals surface area contributed by atoms with Gasteiger partial charge in [0.1, 0.15) is 5.75 Å². The molecule has 2 heterocycles. The lowest BCUT2D eigenvalue weighted by atomic mass is 10.1. The Balaban J connectivity index is 1.40. The topological polar surface area (TPSA) is 41.5 Å². The first-order chi connectivity index (χ1) is 14.8. The van der Waals surface area contributed by atoms with Crippen LogP contribution in [0.5, 0.6) is 11.6 Å². The molecule has 0 aliphatic carbocycles. The number of hydrogen-bond donors (Lipinski definition) is 0. The average molecular weight is 396 g/mol. The maximum Gasteiger partial charge on any atom is 0.238 e. The van der Waals surface area contributed by atoms with E-state index in [9.17, 15) is 0 Å². The summed E-state index contributed by atoms with van der Waals surface area (Å²) in [7, 11) is 2.18. The van der Waals surface area contributed by atoms with Gasteiger partial charge in [-0.15, -0.1) is 10.2 Å². The Labute approximate surface area is 176 Å². The van der Waals surface area contributed by atoms with Crippen LogP contribution in [0.15, 0.2) is 78.9 Å². The molecule has 0 bridgehead atoms. The highest BCUT2D eigenvalue weighted by molar-refractivity contribution is 5.95. The minimum absolute atomic E-state index is 0.492. The third-order valence-electron chi connectivity index (χ3n) is 5.61. The van der Waals surface area contributed by atoms with E-state index in [2.05, 4.69) is 57.4 Å². The highest BCUT2D eigenvalue weighted by atomic mass is 16.5. The van der Waals surface area contributed by atoms with Gasteiger partial charge in [0.15, 0.2) is 0 Å². The summed E-state index contributed by atoms with van der Waals surface area (Å²) in [5.74, 6) is 1.26. The van der Waals surface area contributed by atoms with Crippen molar-refractivity contribution in [3.05, 3.63) is 78.9 Å². The zero-order chi connectivity index (χ0) is 20.3. The van der Waals surface area contributed by atoms with Crippen molar-refractivity contribution in [2.24, 2.45) is 0 Å². The number of likely N-dealkylation sites (N-methyl/N-ethyl adjacent to an activating group) is 1. The van der Waals surface area contributed by atoms with Crippen molar-refractivity contribution >= 4 is 16.5 Å². The van der Waals surface area contributed by atoms with Crippen LogP contribution in [-0.2, 0) is 0 Å². The summed E-state index contributed by atoms with van der Waals surface area (Å²) >= 11 is 0. The molecule has 3 aromatic carbocycles. The molecule has 5 heteroatoms. The second-order valence-corrected chi connectivity index (χ2v) is 7.68. The molecule has 1 saturated heterocycles. The fraction of sp³-hybridized carbons (Fsp3) is 0.200. The number of aromatic nitrogens is 2. The number of rotatable bonds is 4. The minimum atomic E-state index is 0.492. The van der Waals surface area contributed by atoms with E-state index in [4.69, 9.17) is 4.74 Å². The standard InChI is InChI=1S/C25H24N4O/c1-28-14-16-29(17-15-28)24-9-5-8-19-10-11-21(18-22(19)24)30-25-13-12-23(26-27-25)20-6-3-2-4-7-20/h2-13,18H,14-17H2,1H3. The summed E-state index contributed by atoms with van der Waals surface area (Å²) in [6.07, 6.45) is 0. The number of piperazine rings is 1. The maximum absolute atomic E-state index is 6.04. The Morgan fingerprint density at radius 2 is 1.60 bits per heavy atom. The lowest BCUT2D eigenvalue weighted by Crippen LogP contribution is -2.44. The van der Waals surface area contributed by atoms with Gasteiger partial charge in [0.05, 0.1) is 5.69 Å². The summed E-state index contributed by atoms with van der Waals surface area (Å²) in [4.78, 5) is 4.83. The third kappa shape index (κ3) is 3.84. The molecule has 0 amide bonds. The van der Waals surface area contributed by atoms with Crippen molar-refractivity contribution in [2.45, 2.75) is 0 Å². The van der Waals surface area contributed by atoms with E-state index in [0.29, 0.717) is 5.88 Å². The van der Waals surface area contributed by atoms with Crippen LogP contribution in [0.4, 0.5) is 5.69 Å². The Hall–Kier alpha value is -3.44. The highest BCUT2D eigenvalue weighted by Gasteiger charge is 2.16. The summed E-state index contributed by atoms with van der Waals surface area (Å²) in [6, 6.07) is 26.5. The summed E-state index contributed by atoms with van der Waals surface area (Å²) < 4.78 is 6.04. The Morgan fingerprint density at radius 3 is 2.37 bits per heavy atom. The van der Waals surface area contributed by atoms with Crippen LogP contribution in [0.3, 0.4) is 0 Å². The number of benzene rings is 3. The molecule has 150 valence electrons. The van der Waals surface area contributed by atoms with Crippen molar-refractivity contribution in [1.29, 1.82) is 0 Å². The van der Waals surface area contributed by atoms with Gasteiger partial charge in [-0.25, -0.2) is 0 Å². The molecule has 1 aromatic heterocycles. The number of anilines is 1. The predicted octanol–water partition coefficient (Wildman–Crippen LogP) is 4.84. The molecule has 30 heavy (non-hydrogen) atoms. The first-order valence-electron chi connectivity index (χ1n) is 10.3. The molecular weight excluding hydrogens is 372 g/mol.